The Morgan fingerprint density at radius 2 is 2.00 bits per heavy atom. The van der Waals surface area contributed by atoms with Crippen LogP contribution in [0.4, 0.5) is 0 Å². The van der Waals surface area contributed by atoms with Crippen molar-refractivity contribution in [1.82, 2.24) is 10.3 Å². The number of carbonyl (C=O) groups is 2. The first-order valence-electron chi connectivity index (χ1n) is 6.63. The Balaban J connectivity index is 2.13. The summed E-state index contributed by atoms with van der Waals surface area (Å²) in [5, 5.41) is 2.69. The topological polar surface area (TPSA) is 68.3 Å². The molecule has 6 heteroatoms. The molecule has 1 unspecified atom stereocenters. The largest absolute Gasteiger partial charge is 0.467 e. The van der Waals surface area contributed by atoms with Crippen LogP contribution < -0.4 is 5.32 Å². The molecule has 0 fully saturated rings. The van der Waals surface area contributed by atoms with E-state index in [1.54, 1.807) is 12.3 Å². The van der Waals surface area contributed by atoms with Gasteiger partial charge in [-0.3, -0.25) is 9.78 Å². The minimum Gasteiger partial charge on any atom is -0.467 e. The Bertz CT molecular complexity index is 661. The molecule has 5 nitrogen and oxygen atoms in total. The second-order valence-corrected chi connectivity index (χ2v) is 5.55. The van der Waals surface area contributed by atoms with Gasteiger partial charge < -0.3 is 10.1 Å². The second-order valence-electron chi connectivity index (χ2n) is 4.63. The Kier molecular flexibility index (Phi) is 5.66. The molecule has 0 saturated carbocycles. The predicted octanol–water partition coefficient (Wildman–Crippen LogP) is 2.36. The number of amides is 1. The zero-order chi connectivity index (χ0) is 15.9. The number of esters is 1. The van der Waals surface area contributed by atoms with E-state index in [1.165, 1.54) is 13.3 Å². The average Bonchev–Trinajstić information content (AvgIpc) is 2.54. The number of nitrogens with one attached hydrogen (secondary N) is 1. The molecule has 1 aromatic heterocycles. The molecule has 1 heterocycles. The van der Waals surface area contributed by atoms with Gasteiger partial charge in [0.15, 0.2) is 0 Å². The van der Waals surface area contributed by atoms with Gasteiger partial charge in [0, 0.05) is 23.3 Å². The first kappa shape index (κ1) is 16.2. The number of methoxy groups -OCH3 is 1. The first-order valence-corrected chi connectivity index (χ1v) is 7.42. The summed E-state index contributed by atoms with van der Waals surface area (Å²) >= 11 is 3.26. The summed E-state index contributed by atoms with van der Waals surface area (Å²) in [5.74, 6) is -0.861. The lowest BCUT2D eigenvalue weighted by molar-refractivity contribution is -0.142. The fraction of sp³-hybridized carbons (Fsp3) is 0.188. The molecule has 1 N–H and O–H groups in total. The van der Waals surface area contributed by atoms with E-state index >= 15 is 0 Å². The minimum atomic E-state index is -0.751. The number of halogens is 1. The highest BCUT2D eigenvalue weighted by molar-refractivity contribution is 9.10. The summed E-state index contributed by atoms with van der Waals surface area (Å²) in [6.07, 6.45) is 3.39. The first-order chi connectivity index (χ1) is 10.6. The van der Waals surface area contributed by atoms with Gasteiger partial charge >= 0.3 is 5.97 Å². The number of benzene rings is 1. The summed E-state index contributed by atoms with van der Waals surface area (Å²) in [6.45, 7) is 0. The van der Waals surface area contributed by atoms with Gasteiger partial charge in [-0.25, -0.2) is 4.79 Å². The molecule has 2 rings (SSSR count). The molecule has 0 bridgehead atoms. The van der Waals surface area contributed by atoms with Crippen LogP contribution in [0, 0.1) is 0 Å². The van der Waals surface area contributed by atoms with Crippen molar-refractivity contribution in [3.05, 3.63) is 64.4 Å². The van der Waals surface area contributed by atoms with Crippen LogP contribution in [0.15, 0.2) is 53.3 Å². The van der Waals surface area contributed by atoms with Gasteiger partial charge in [-0.1, -0.05) is 30.3 Å². The average molecular weight is 363 g/mol. The van der Waals surface area contributed by atoms with Crippen molar-refractivity contribution in [3.8, 4) is 0 Å². The van der Waals surface area contributed by atoms with Crippen molar-refractivity contribution in [3.63, 3.8) is 0 Å². The van der Waals surface area contributed by atoms with E-state index in [9.17, 15) is 9.59 Å². The van der Waals surface area contributed by atoms with Crippen LogP contribution in [0.25, 0.3) is 0 Å². The lowest BCUT2D eigenvalue weighted by Gasteiger charge is -2.16. The van der Waals surface area contributed by atoms with Crippen LogP contribution in [-0.2, 0) is 16.0 Å². The van der Waals surface area contributed by atoms with Crippen LogP contribution in [0.2, 0.25) is 0 Å². The van der Waals surface area contributed by atoms with Gasteiger partial charge in [0.1, 0.15) is 6.04 Å². The van der Waals surface area contributed by atoms with E-state index in [2.05, 4.69) is 26.2 Å². The smallest absolute Gasteiger partial charge is 0.328 e. The predicted molar refractivity (Wildman–Crippen MR) is 85.4 cm³/mol. The zero-order valence-corrected chi connectivity index (χ0v) is 13.5. The van der Waals surface area contributed by atoms with Crippen LogP contribution in [-0.4, -0.2) is 30.0 Å². The zero-order valence-electron chi connectivity index (χ0n) is 12.0. The quantitative estimate of drug-likeness (QED) is 0.829. The van der Waals surface area contributed by atoms with E-state index in [-0.39, 0.29) is 5.91 Å². The van der Waals surface area contributed by atoms with Gasteiger partial charge in [0.2, 0.25) is 0 Å². The Labute approximate surface area is 136 Å². The summed E-state index contributed by atoms with van der Waals surface area (Å²) in [5.41, 5.74) is 1.31. The van der Waals surface area contributed by atoms with E-state index in [4.69, 9.17) is 4.74 Å². The summed E-state index contributed by atoms with van der Waals surface area (Å²) in [6, 6.07) is 10.3. The van der Waals surface area contributed by atoms with Gasteiger partial charge in [-0.2, -0.15) is 0 Å². The molecule has 0 spiro atoms. The number of pyridine rings is 1. The number of hydrogen-bond donors (Lipinski definition) is 1. The maximum atomic E-state index is 12.2. The standard InChI is InChI=1S/C16H15BrN2O3/c1-22-16(21)14(7-11-5-3-2-4-6-11)19-15(20)12-8-13(17)10-18-9-12/h2-6,8-10,14H,7H2,1H3,(H,19,20). The van der Waals surface area contributed by atoms with E-state index in [0.717, 1.165) is 5.56 Å². The maximum Gasteiger partial charge on any atom is 0.328 e. The monoisotopic (exact) mass is 362 g/mol. The Morgan fingerprint density at radius 1 is 1.27 bits per heavy atom. The Morgan fingerprint density at radius 3 is 2.64 bits per heavy atom. The maximum absolute atomic E-state index is 12.2. The van der Waals surface area contributed by atoms with Crippen LogP contribution in [0.3, 0.4) is 0 Å². The molecule has 0 aliphatic heterocycles. The summed E-state index contributed by atoms with van der Waals surface area (Å²) in [7, 11) is 1.30. The highest BCUT2D eigenvalue weighted by atomic mass is 79.9. The van der Waals surface area contributed by atoms with Crippen molar-refractivity contribution in [2.75, 3.05) is 7.11 Å². The van der Waals surface area contributed by atoms with Crippen LogP contribution in [0.1, 0.15) is 15.9 Å². The van der Waals surface area contributed by atoms with E-state index in [1.807, 2.05) is 30.3 Å². The molecule has 0 aliphatic rings. The van der Waals surface area contributed by atoms with E-state index in [0.29, 0.717) is 16.5 Å². The summed E-state index contributed by atoms with van der Waals surface area (Å²) in [4.78, 5) is 28.1. The number of ether oxygens (including phenoxy) is 1. The van der Waals surface area contributed by atoms with Crippen molar-refractivity contribution in [2.24, 2.45) is 0 Å². The van der Waals surface area contributed by atoms with Crippen molar-refractivity contribution in [2.45, 2.75) is 12.5 Å². The molecule has 114 valence electrons. The molecule has 1 atom stereocenters. The highest BCUT2D eigenvalue weighted by Crippen LogP contribution is 2.10. The van der Waals surface area contributed by atoms with Crippen molar-refractivity contribution in [1.29, 1.82) is 0 Å². The van der Waals surface area contributed by atoms with Crippen LogP contribution in [0.5, 0.6) is 0 Å². The molecule has 0 radical (unpaired) electrons. The van der Waals surface area contributed by atoms with Gasteiger partial charge in [0.05, 0.1) is 12.7 Å². The number of hydrogen-bond acceptors (Lipinski definition) is 4. The Hall–Kier alpha value is -2.21. The molecular formula is C16H15BrN2O3. The van der Waals surface area contributed by atoms with Gasteiger partial charge in [-0.15, -0.1) is 0 Å². The fourth-order valence-electron chi connectivity index (χ4n) is 1.96. The molecule has 22 heavy (non-hydrogen) atoms. The minimum absolute atomic E-state index is 0.362. The lowest BCUT2D eigenvalue weighted by atomic mass is 10.1. The van der Waals surface area contributed by atoms with Crippen LogP contribution >= 0.6 is 15.9 Å². The summed E-state index contributed by atoms with van der Waals surface area (Å²) < 4.78 is 5.46. The molecule has 2 aromatic rings. The molecule has 0 saturated heterocycles. The number of carbonyl (C=O) groups excluding carboxylic acids is 2. The van der Waals surface area contributed by atoms with Gasteiger partial charge in [0.25, 0.3) is 5.91 Å². The third kappa shape index (κ3) is 4.39. The highest BCUT2D eigenvalue weighted by Gasteiger charge is 2.22. The molecule has 1 aromatic carbocycles. The third-order valence-corrected chi connectivity index (χ3v) is 3.47. The number of rotatable bonds is 5. The van der Waals surface area contributed by atoms with E-state index < -0.39 is 12.0 Å². The number of nitrogens with zero attached hydrogens (tertiary/aromatic N) is 1. The lowest BCUT2D eigenvalue weighted by Crippen LogP contribution is -2.43. The molecular weight excluding hydrogens is 348 g/mol. The van der Waals surface area contributed by atoms with Gasteiger partial charge in [-0.05, 0) is 27.6 Å². The molecule has 0 aliphatic carbocycles. The third-order valence-electron chi connectivity index (χ3n) is 3.04. The molecule has 1 amide bonds. The number of aromatic nitrogens is 1. The van der Waals surface area contributed by atoms with Crippen molar-refractivity contribution >= 4 is 27.8 Å². The normalized spacial score (nSPS) is 11.5. The SMILES string of the molecule is COC(=O)C(Cc1ccccc1)NC(=O)c1cncc(Br)c1. The van der Waals surface area contributed by atoms with Crippen molar-refractivity contribution < 1.29 is 14.3 Å². The fourth-order valence-corrected chi connectivity index (χ4v) is 2.33. The second kappa shape index (κ2) is 7.70.